The van der Waals surface area contributed by atoms with Gasteiger partial charge in [0.15, 0.2) is 0 Å². The molecular formula is C17H17FN2OS. The number of nitrogens with one attached hydrogen (secondary N) is 2. The Kier molecular flexibility index (Phi) is 3.98. The van der Waals surface area contributed by atoms with Crippen LogP contribution in [0.15, 0.2) is 41.8 Å². The third kappa shape index (κ3) is 2.90. The van der Waals surface area contributed by atoms with Gasteiger partial charge in [0.05, 0.1) is 6.04 Å². The van der Waals surface area contributed by atoms with E-state index in [0.29, 0.717) is 11.1 Å². The third-order valence-electron chi connectivity index (χ3n) is 3.63. The Hall–Kier alpha value is -2.14. The number of benzene rings is 1. The van der Waals surface area contributed by atoms with Gasteiger partial charge in [0.25, 0.3) is 5.91 Å². The average Bonchev–Trinajstić information content (AvgIpc) is 3.12. The Bertz CT molecular complexity index is 792. The molecule has 0 aliphatic heterocycles. The van der Waals surface area contributed by atoms with Crippen LogP contribution in [0.5, 0.6) is 0 Å². The molecule has 0 bridgehead atoms. The number of carbonyl (C=O) groups excluding carboxylic acids is 1. The Balaban J connectivity index is 1.85. The van der Waals surface area contributed by atoms with Crippen molar-refractivity contribution in [3.05, 3.63) is 58.2 Å². The summed E-state index contributed by atoms with van der Waals surface area (Å²) in [5, 5.41) is 5.76. The first-order valence-corrected chi connectivity index (χ1v) is 8.05. The summed E-state index contributed by atoms with van der Waals surface area (Å²) in [7, 11) is 0. The molecule has 0 radical (unpaired) electrons. The first-order valence-electron chi connectivity index (χ1n) is 7.17. The summed E-state index contributed by atoms with van der Waals surface area (Å²) < 4.78 is 13.2. The zero-order valence-corrected chi connectivity index (χ0v) is 13.2. The van der Waals surface area contributed by atoms with E-state index in [2.05, 4.69) is 24.1 Å². The van der Waals surface area contributed by atoms with Gasteiger partial charge < -0.3 is 10.3 Å². The van der Waals surface area contributed by atoms with E-state index in [0.717, 1.165) is 10.4 Å². The molecule has 0 aliphatic rings. The molecular weight excluding hydrogens is 299 g/mol. The van der Waals surface area contributed by atoms with E-state index < -0.39 is 0 Å². The van der Waals surface area contributed by atoms with E-state index in [9.17, 15) is 9.18 Å². The Morgan fingerprint density at radius 2 is 2.09 bits per heavy atom. The quantitative estimate of drug-likeness (QED) is 0.731. The fourth-order valence-corrected chi connectivity index (χ4v) is 3.43. The first kappa shape index (κ1) is 14.8. The Morgan fingerprint density at radius 1 is 1.27 bits per heavy atom. The van der Waals surface area contributed by atoms with Crippen molar-refractivity contribution in [1.29, 1.82) is 0 Å². The van der Waals surface area contributed by atoms with E-state index in [-0.39, 0.29) is 23.7 Å². The molecule has 114 valence electrons. The highest BCUT2D eigenvalue weighted by atomic mass is 32.1. The number of rotatable bonds is 4. The topological polar surface area (TPSA) is 44.9 Å². The predicted molar refractivity (Wildman–Crippen MR) is 87.6 cm³/mol. The molecule has 3 aromatic rings. The highest BCUT2D eigenvalue weighted by Crippen LogP contribution is 2.26. The molecule has 1 amide bonds. The minimum atomic E-state index is -0.308. The molecule has 1 unspecified atom stereocenters. The lowest BCUT2D eigenvalue weighted by molar-refractivity contribution is 0.0922. The van der Waals surface area contributed by atoms with Crippen molar-refractivity contribution >= 4 is 28.1 Å². The molecule has 2 N–H and O–H groups in total. The monoisotopic (exact) mass is 316 g/mol. The number of aromatic nitrogens is 1. The van der Waals surface area contributed by atoms with Crippen LogP contribution in [0, 0.1) is 11.7 Å². The molecule has 3 nitrogen and oxygen atoms in total. The normalized spacial score (nSPS) is 12.7. The van der Waals surface area contributed by atoms with Crippen molar-refractivity contribution in [3.63, 3.8) is 0 Å². The lowest BCUT2D eigenvalue weighted by atomic mass is 10.0. The number of amides is 1. The lowest BCUT2D eigenvalue weighted by Crippen LogP contribution is -2.31. The van der Waals surface area contributed by atoms with Gasteiger partial charge in [0, 0.05) is 15.8 Å². The van der Waals surface area contributed by atoms with Crippen LogP contribution in [0.2, 0.25) is 0 Å². The number of hydrogen-bond donors (Lipinski definition) is 2. The van der Waals surface area contributed by atoms with Crippen LogP contribution in [-0.2, 0) is 0 Å². The minimum Gasteiger partial charge on any atom is -0.351 e. The molecule has 22 heavy (non-hydrogen) atoms. The van der Waals surface area contributed by atoms with Gasteiger partial charge in [0.1, 0.15) is 11.5 Å². The van der Waals surface area contributed by atoms with Crippen molar-refractivity contribution < 1.29 is 9.18 Å². The fourth-order valence-electron chi connectivity index (χ4n) is 2.48. The highest BCUT2D eigenvalue weighted by molar-refractivity contribution is 7.10. The molecule has 0 aliphatic carbocycles. The summed E-state index contributed by atoms with van der Waals surface area (Å²) in [6.45, 7) is 4.15. The van der Waals surface area contributed by atoms with Crippen molar-refractivity contribution in [2.24, 2.45) is 5.92 Å². The summed E-state index contributed by atoms with van der Waals surface area (Å²) in [5.41, 5.74) is 1.20. The summed E-state index contributed by atoms with van der Waals surface area (Å²) in [6.07, 6.45) is 0. The van der Waals surface area contributed by atoms with Gasteiger partial charge >= 0.3 is 0 Å². The van der Waals surface area contributed by atoms with Crippen LogP contribution in [-0.4, -0.2) is 10.9 Å². The fraction of sp³-hybridized carbons (Fsp3) is 0.235. The minimum absolute atomic E-state index is 0.0318. The zero-order chi connectivity index (χ0) is 15.7. The maximum Gasteiger partial charge on any atom is 0.268 e. The van der Waals surface area contributed by atoms with Gasteiger partial charge in [-0.1, -0.05) is 19.9 Å². The number of hydrogen-bond acceptors (Lipinski definition) is 2. The van der Waals surface area contributed by atoms with E-state index in [1.165, 1.54) is 12.1 Å². The van der Waals surface area contributed by atoms with Crippen LogP contribution in [0.3, 0.4) is 0 Å². The summed E-state index contributed by atoms with van der Waals surface area (Å²) >= 11 is 1.63. The lowest BCUT2D eigenvalue weighted by Gasteiger charge is -2.20. The number of fused-ring (bicyclic) bond motifs is 1. The first-order chi connectivity index (χ1) is 10.5. The molecule has 0 spiro atoms. The summed E-state index contributed by atoms with van der Waals surface area (Å²) in [6, 6.07) is 10.1. The second-order valence-corrected chi connectivity index (χ2v) is 6.60. The number of halogens is 1. The molecule has 2 heterocycles. The van der Waals surface area contributed by atoms with Crippen LogP contribution < -0.4 is 5.32 Å². The zero-order valence-electron chi connectivity index (χ0n) is 12.4. The highest BCUT2D eigenvalue weighted by Gasteiger charge is 2.21. The maximum atomic E-state index is 13.2. The second-order valence-electron chi connectivity index (χ2n) is 5.63. The van der Waals surface area contributed by atoms with Gasteiger partial charge in [-0.25, -0.2) is 4.39 Å². The number of thiophene rings is 1. The molecule has 3 rings (SSSR count). The molecule has 0 saturated heterocycles. The smallest absolute Gasteiger partial charge is 0.268 e. The third-order valence-corrected chi connectivity index (χ3v) is 4.59. The van der Waals surface area contributed by atoms with Gasteiger partial charge in [0.2, 0.25) is 0 Å². The van der Waals surface area contributed by atoms with Crippen molar-refractivity contribution in [2.45, 2.75) is 19.9 Å². The van der Waals surface area contributed by atoms with Crippen LogP contribution in [0.25, 0.3) is 10.9 Å². The van der Waals surface area contributed by atoms with Crippen LogP contribution in [0.1, 0.15) is 35.3 Å². The van der Waals surface area contributed by atoms with Crippen LogP contribution >= 0.6 is 11.3 Å². The Morgan fingerprint density at radius 3 is 2.77 bits per heavy atom. The van der Waals surface area contributed by atoms with E-state index >= 15 is 0 Å². The van der Waals surface area contributed by atoms with Gasteiger partial charge in [-0.3, -0.25) is 4.79 Å². The number of H-pyrrole nitrogens is 1. The largest absolute Gasteiger partial charge is 0.351 e. The number of carbonyl (C=O) groups is 1. The van der Waals surface area contributed by atoms with Crippen molar-refractivity contribution in [1.82, 2.24) is 10.3 Å². The summed E-state index contributed by atoms with van der Waals surface area (Å²) in [4.78, 5) is 16.6. The van der Waals surface area contributed by atoms with E-state index in [1.54, 1.807) is 23.5 Å². The molecule has 0 fully saturated rings. The van der Waals surface area contributed by atoms with Crippen LogP contribution in [0.4, 0.5) is 4.39 Å². The standard InChI is InChI=1S/C17H17FN2OS/c1-10(2)16(15-4-3-7-22-15)20-17(21)14-9-11-8-12(18)5-6-13(11)19-14/h3-10,16,19H,1-2H3,(H,20,21). The SMILES string of the molecule is CC(C)C(NC(=O)c1cc2cc(F)ccc2[nH]1)c1cccs1. The summed E-state index contributed by atoms with van der Waals surface area (Å²) in [5.74, 6) is -0.203. The maximum absolute atomic E-state index is 13.2. The van der Waals surface area contributed by atoms with E-state index in [1.807, 2.05) is 17.5 Å². The van der Waals surface area contributed by atoms with Gasteiger partial charge in [-0.15, -0.1) is 11.3 Å². The molecule has 0 saturated carbocycles. The van der Waals surface area contributed by atoms with Crippen molar-refractivity contribution in [2.75, 3.05) is 0 Å². The van der Waals surface area contributed by atoms with E-state index in [4.69, 9.17) is 0 Å². The Labute approximate surface area is 132 Å². The molecule has 5 heteroatoms. The molecule has 1 atom stereocenters. The van der Waals surface area contributed by atoms with Crippen molar-refractivity contribution in [3.8, 4) is 0 Å². The molecule has 2 aromatic heterocycles. The second kappa shape index (κ2) is 5.93. The number of aromatic amines is 1. The predicted octanol–water partition coefficient (Wildman–Crippen LogP) is 4.50. The van der Waals surface area contributed by atoms with Gasteiger partial charge in [-0.2, -0.15) is 0 Å². The average molecular weight is 316 g/mol. The van der Waals surface area contributed by atoms with Gasteiger partial charge in [-0.05, 0) is 41.6 Å². The molecule has 1 aromatic carbocycles.